The molecule has 2 heterocycles. The van der Waals surface area contributed by atoms with Gasteiger partial charge in [0.25, 0.3) is 5.91 Å². The van der Waals surface area contributed by atoms with Gasteiger partial charge in [0.1, 0.15) is 0 Å². The number of hydrogen-bond donors (Lipinski definition) is 0. The molecule has 2 aromatic rings. The Morgan fingerprint density at radius 3 is 2.60 bits per heavy atom. The quantitative estimate of drug-likeness (QED) is 0.823. The Hall–Kier alpha value is -1.85. The molecule has 6 heteroatoms. The Kier molecular flexibility index (Phi) is 5.76. The zero-order valence-corrected chi connectivity index (χ0v) is 15.6. The Morgan fingerprint density at radius 1 is 1.20 bits per heavy atom. The number of carbonyl (C=O) groups excluding carboxylic acids is 1. The van der Waals surface area contributed by atoms with Crippen LogP contribution in [0.5, 0.6) is 0 Å². The number of benzene rings is 1. The molecule has 5 nitrogen and oxygen atoms in total. The molecule has 134 valence electrons. The number of nitrogens with zero attached hydrogens (tertiary/aromatic N) is 4. The van der Waals surface area contributed by atoms with E-state index in [-0.39, 0.29) is 5.91 Å². The summed E-state index contributed by atoms with van der Waals surface area (Å²) in [5.41, 5.74) is 1.64. The fourth-order valence-electron chi connectivity index (χ4n) is 3.19. The number of halogens is 1. The zero-order chi connectivity index (χ0) is 17.8. The summed E-state index contributed by atoms with van der Waals surface area (Å²) < 4.78 is 1.77. The van der Waals surface area contributed by atoms with E-state index in [1.807, 2.05) is 35.4 Å². The molecule has 1 aliphatic heterocycles. The summed E-state index contributed by atoms with van der Waals surface area (Å²) in [6.45, 7) is 9.56. The first kappa shape index (κ1) is 18.0. The molecular formula is C19H25ClN4O. The van der Waals surface area contributed by atoms with Gasteiger partial charge in [-0.2, -0.15) is 5.10 Å². The zero-order valence-electron chi connectivity index (χ0n) is 14.9. The van der Waals surface area contributed by atoms with Crippen LogP contribution in [0.25, 0.3) is 0 Å². The molecule has 1 saturated heterocycles. The summed E-state index contributed by atoms with van der Waals surface area (Å²) in [7, 11) is 0. The summed E-state index contributed by atoms with van der Waals surface area (Å²) in [4.78, 5) is 17.0. The van der Waals surface area contributed by atoms with E-state index in [1.54, 1.807) is 10.9 Å². The Morgan fingerprint density at radius 2 is 1.92 bits per heavy atom. The van der Waals surface area contributed by atoms with Crippen molar-refractivity contribution < 1.29 is 4.79 Å². The van der Waals surface area contributed by atoms with Gasteiger partial charge in [-0.05, 0) is 17.5 Å². The van der Waals surface area contributed by atoms with Crippen molar-refractivity contribution in [1.29, 1.82) is 0 Å². The highest BCUT2D eigenvalue weighted by molar-refractivity contribution is 6.31. The van der Waals surface area contributed by atoms with Crippen LogP contribution in [0.1, 0.15) is 29.8 Å². The highest BCUT2D eigenvalue weighted by atomic mass is 35.5. The lowest BCUT2D eigenvalue weighted by molar-refractivity contribution is 0.0623. The number of rotatable bonds is 5. The first-order chi connectivity index (χ1) is 12.0. The topological polar surface area (TPSA) is 41.4 Å². The van der Waals surface area contributed by atoms with E-state index in [9.17, 15) is 4.79 Å². The molecule has 0 atom stereocenters. The van der Waals surface area contributed by atoms with Crippen LogP contribution in [-0.4, -0.2) is 58.2 Å². The molecule has 1 fully saturated rings. The van der Waals surface area contributed by atoms with E-state index in [1.165, 1.54) is 0 Å². The molecule has 1 aromatic carbocycles. The Balaban J connectivity index is 1.59. The monoisotopic (exact) mass is 360 g/mol. The van der Waals surface area contributed by atoms with Crippen molar-refractivity contribution >= 4 is 17.5 Å². The summed E-state index contributed by atoms with van der Waals surface area (Å²) in [5, 5.41) is 5.04. The van der Waals surface area contributed by atoms with Gasteiger partial charge in [0.2, 0.25) is 0 Å². The van der Waals surface area contributed by atoms with E-state index in [4.69, 9.17) is 11.6 Å². The molecule has 0 spiro atoms. The number of carbonyl (C=O) groups is 1. The minimum Gasteiger partial charge on any atom is -0.336 e. The van der Waals surface area contributed by atoms with Crippen LogP contribution < -0.4 is 0 Å². The van der Waals surface area contributed by atoms with Gasteiger partial charge < -0.3 is 4.90 Å². The van der Waals surface area contributed by atoms with Crippen LogP contribution in [0.15, 0.2) is 36.7 Å². The van der Waals surface area contributed by atoms with E-state index in [0.29, 0.717) is 23.0 Å². The number of hydrogen-bond acceptors (Lipinski definition) is 3. The highest BCUT2D eigenvalue weighted by Gasteiger charge is 2.23. The summed E-state index contributed by atoms with van der Waals surface area (Å²) >= 11 is 6.19. The lowest BCUT2D eigenvalue weighted by Gasteiger charge is -2.35. The maximum atomic E-state index is 12.7. The first-order valence-corrected chi connectivity index (χ1v) is 9.18. The maximum absolute atomic E-state index is 12.7. The van der Waals surface area contributed by atoms with E-state index >= 15 is 0 Å². The van der Waals surface area contributed by atoms with Crippen LogP contribution in [0, 0.1) is 5.92 Å². The number of aromatic nitrogens is 2. The van der Waals surface area contributed by atoms with Crippen molar-refractivity contribution in [2.24, 2.45) is 5.92 Å². The van der Waals surface area contributed by atoms with Gasteiger partial charge >= 0.3 is 0 Å². The second-order valence-electron chi connectivity index (χ2n) is 7.00. The molecule has 1 aromatic heterocycles. The molecule has 1 aliphatic rings. The third-order valence-corrected chi connectivity index (χ3v) is 4.82. The molecule has 0 saturated carbocycles. The SMILES string of the molecule is CC(C)CN1CCN(C(=O)c2cnn(Cc3ccccc3Cl)c2)CC1. The van der Waals surface area contributed by atoms with Crippen molar-refractivity contribution in [1.82, 2.24) is 19.6 Å². The van der Waals surface area contributed by atoms with Gasteiger partial charge in [-0.15, -0.1) is 0 Å². The molecule has 0 unspecified atom stereocenters. The van der Waals surface area contributed by atoms with Gasteiger partial charge in [0.05, 0.1) is 18.3 Å². The number of piperazine rings is 1. The van der Waals surface area contributed by atoms with Crippen LogP contribution in [0.3, 0.4) is 0 Å². The normalized spacial score (nSPS) is 15.8. The largest absolute Gasteiger partial charge is 0.336 e. The van der Waals surface area contributed by atoms with Crippen molar-refractivity contribution in [3.8, 4) is 0 Å². The minimum atomic E-state index is 0.0644. The lowest BCUT2D eigenvalue weighted by Crippen LogP contribution is -2.49. The minimum absolute atomic E-state index is 0.0644. The second kappa shape index (κ2) is 8.02. The average Bonchev–Trinajstić information content (AvgIpc) is 3.05. The van der Waals surface area contributed by atoms with Gasteiger partial charge in [0.15, 0.2) is 0 Å². The molecule has 0 radical (unpaired) electrons. The smallest absolute Gasteiger partial charge is 0.257 e. The van der Waals surface area contributed by atoms with Crippen molar-refractivity contribution in [3.05, 3.63) is 52.8 Å². The standard InChI is InChI=1S/C19H25ClN4O/c1-15(2)12-22-7-9-23(10-8-22)19(25)17-11-21-24(14-17)13-16-5-3-4-6-18(16)20/h3-6,11,14-15H,7-10,12-13H2,1-2H3. The summed E-state index contributed by atoms with van der Waals surface area (Å²) in [5.74, 6) is 0.722. The fourth-order valence-corrected chi connectivity index (χ4v) is 3.39. The van der Waals surface area contributed by atoms with Gasteiger partial charge in [-0.3, -0.25) is 14.4 Å². The summed E-state index contributed by atoms with van der Waals surface area (Å²) in [6, 6.07) is 7.69. The first-order valence-electron chi connectivity index (χ1n) is 8.80. The second-order valence-corrected chi connectivity index (χ2v) is 7.41. The highest BCUT2D eigenvalue weighted by Crippen LogP contribution is 2.16. The molecule has 3 rings (SSSR count). The third kappa shape index (κ3) is 4.61. The van der Waals surface area contributed by atoms with E-state index in [0.717, 1.165) is 38.3 Å². The van der Waals surface area contributed by atoms with E-state index in [2.05, 4.69) is 23.8 Å². The molecular weight excluding hydrogens is 336 g/mol. The Bertz CT molecular complexity index is 720. The molecule has 25 heavy (non-hydrogen) atoms. The number of amides is 1. The van der Waals surface area contributed by atoms with Gasteiger partial charge in [-0.1, -0.05) is 43.6 Å². The van der Waals surface area contributed by atoms with Gasteiger partial charge in [-0.25, -0.2) is 0 Å². The lowest BCUT2D eigenvalue weighted by atomic mass is 10.2. The van der Waals surface area contributed by atoms with Crippen LogP contribution in [0.2, 0.25) is 5.02 Å². The predicted molar refractivity (Wildman–Crippen MR) is 100.0 cm³/mol. The van der Waals surface area contributed by atoms with Gasteiger partial charge in [0, 0.05) is 43.9 Å². The van der Waals surface area contributed by atoms with Crippen molar-refractivity contribution in [2.75, 3.05) is 32.7 Å². The summed E-state index contributed by atoms with van der Waals surface area (Å²) in [6.07, 6.45) is 3.46. The van der Waals surface area contributed by atoms with Crippen LogP contribution in [0.4, 0.5) is 0 Å². The fraction of sp³-hybridized carbons (Fsp3) is 0.474. The van der Waals surface area contributed by atoms with Crippen LogP contribution >= 0.6 is 11.6 Å². The maximum Gasteiger partial charge on any atom is 0.257 e. The van der Waals surface area contributed by atoms with E-state index < -0.39 is 0 Å². The third-order valence-electron chi connectivity index (χ3n) is 4.45. The molecule has 0 N–H and O–H groups in total. The Labute approximate surface area is 154 Å². The predicted octanol–water partition coefficient (Wildman–Crippen LogP) is 3.00. The van der Waals surface area contributed by atoms with Crippen molar-refractivity contribution in [3.63, 3.8) is 0 Å². The molecule has 0 bridgehead atoms. The molecule has 0 aliphatic carbocycles. The van der Waals surface area contributed by atoms with Crippen molar-refractivity contribution in [2.45, 2.75) is 20.4 Å². The van der Waals surface area contributed by atoms with Crippen LogP contribution in [-0.2, 0) is 6.54 Å². The molecule has 1 amide bonds. The average molecular weight is 361 g/mol.